The summed E-state index contributed by atoms with van der Waals surface area (Å²) in [5, 5.41) is 4.77. The van der Waals surface area contributed by atoms with Crippen molar-refractivity contribution in [3.05, 3.63) is 71.8 Å². The molecule has 0 unspecified atom stereocenters. The molecule has 3 heterocycles. The Labute approximate surface area is 193 Å². The molecular formula is C22H18N4O7S. The summed E-state index contributed by atoms with van der Waals surface area (Å²) in [5.74, 6) is -1.69. The summed E-state index contributed by atoms with van der Waals surface area (Å²) >= 11 is 0. The predicted octanol–water partition coefficient (Wildman–Crippen LogP) is 1.95. The number of ether oxygens (including phenoxy) is 1. The second kappa shape index (κ2) is 9.19. The topological polar surface area (TPSA) is 157 Å². The Balaban J connectivity index is 1.73. The third kappa shape index (κ3) is 4.52. The van der Waals surface area contributed by atoms with Crippen LogP contribution in [-0.2, 0) is 26.2 Å². The van der Waals surface area contributed by atoms with Crippen molar-refractivity contribution in [1.82, 2.24) is 10.3 Å². The average molecular weight is 482 g/mol. The van der Waals surface area contributed by atoms with Gasteiger partial charge in [0.1, 0.15) is 5.76 Å². The van der Waals surface area contributed by atoms with Gasteiger partial charge < -0.3 is 19.8 Å². The number of sulfonamides is 1. The molecule has 2 amide bonds. The minimum atomic E-state index is -4.17. The minimum Gasteiger partial charge on any atom is -0.494 e. The third-order valence-electron chi connectivity index (χ3n) is 4.79. The first-order valence-corrected chi connectivity index (χ1v) is 11.3. The van der Waals surface area contributed by atoms with Crippen molar-refractivity contribution in [1.29, 1.82) is 0 Å². The molecule has 12 heteroatoms. The maximum Gasteiger partial charge on any atom is 0.296 e. The number of ketones is 1. The molecular weight excluding hydrogens is 464 g/mol. The number of methoxy groups -OCH3 is 1. The first-order valence-electron chi connectivity index (χ1n) is 9.83. The van der Waals surface area contributed by atoms with Crippen molar-refractivity contribution in [2.75, 3.05) is 17.1 Å². The number of hydrogen-bond donors (Lipinski definition) is 3. The van der Waals surface area contributed by atoms with Gasteiger partial charge in [-0.1, -0.05) is 6.07 Å². The van der Waals surface area contributed by atoms with Gasteiger partial charge >= 0.3 is 0 Å². The highest BCUT2D eigenvalue weighted by atomic mass is 32.2. The van der Waals surface area contributed by atoms with Crippen molar-refractivity contribution >= 4 is 45.1 Å². The van der Waals surface area contributed by atoms with Crippen LogP contribution in [0.1, 0.15) is 21.7 Å². The van der Waals surface area contributed by atoms with Gasteiger partial charge in [-0.3, -0.25) is 19.1 Å². The maximum absolute atomic E-state index is 12.9. The van der Waals surface area contributed by atoms with Gasteiger partial charge in [0.05, 0.1) is 36.9 Å². The van der Waals surface area contributed by atoms with Gasteiger partial charge in [-0.15, -0.1) is 0 Å². The molecule has 1 aliphatic heterocycles. The van der Waals surface area contributed by atoms with E-state index in [1.54, 1.807) is 18.2 Å². The molecule has 4 rings (SSSR count). The Kier molecular flexibility index (Phi) is 6.15. The standard InChI is InChI=1S/C22H18N4O7S/c1-32-21-14(7-8-17(27)24-12-13-5-4-10-33-13)16(11-15-19(21)25-22(29)20(15)28)26-34(30,31)18-6-2-3-9-23-18/h2-11,26H,12H2,1H3,(H,24,27)(H,25,28,29). The van der Waals surface area contributed by atoms with Crippen LogP contribution in [0.5, 0.6) is 5.75 Å². The molecule has 0 atom stereocenters. The van der Waals surface area contributed by atoms with E-state index in [2.05, 4.69) is 20.3 Å². The highest BCUT2D eigenvalue weighted by Gasteiger charge is 2.34. The summed E-state index contributed by atoms with van der Waals surface area (Å²) in [4.78, 5) is 40.4. The van der Waals surface area contributed by atoms with Crippen LogP contribution in [0.3, 0.4) is 0 Å². The lowest BCUT2D eigenvalue weighted by molar-refractivity contribution is -0.116. The summed E-state index contributed by atoms with van der Waals surface area (Å²) in [6.45, 7) is 0.140. The highest BCUT2D eigenvalue weighted by molar-refractivity contribution is 7.92. The SMILES string of the molecule is COc1c(C=CC(=O)NCc2ccco2)c(NS(=O)(=O)c2ccccn2)cc2c1NC(=O)C2=O. The van der Waals surface area contributed by atoms with Gasteiger partial charge in [0.25, 0.3) is 21.7 Å². The largest absolute Gasteiger partial charge is 0.494 e. The number of hydrogen-bond acceptors (Lipinski definition) is 8. The number of anilines is 2. The summed E-state index contributed by atoms with van der Waals surface area (Å²) in [6, 6.07) is 8.93. The molecule has 0 aliphatic carbocycles. The molecule has 0 bridgehead atoms. The lowest BCUT2D eigenvalue weighted by Crippen LogP contribution is -2.20. The second-order valence-electron chi connectivity index (χ2n) is 6.98. The summed E-state index contributed by atoms with van der Waals surface area (Å²) in [5.41, 5.74) is 0.0408. The molecule has 2 aromatic heterocycles. The van der Waals surface area contributed by atoms with Gasteiger partial charge in [-0.25, -0.2) is 4.98 Å². The quantitative estimate of drug-likeness (QED) is 0.325. The van der Waals surface area contributed by atoms with Gasteiger partial charge in [-0.05, 0) is 36.4 Å². The van der Waals surface area contributed by atoms with Crippen molar-refractivity contribution in [2.24, 2.45) is 0 Å². The van der Waals surface area contributed by atoms with E-state index < -0.39 is 27.6 Å². The van der Waals surface area contributed by atoms with Crippen LogP contribution in [0.4, 0.5) is 11.4 Å². The molecule has 1 aliphatic rings. The van der Waals surface area contributed by atoms with Crippen molar-refractivity contribution < 1.29 is 32.0 Å². The van der Waals surface area contributed by atoms with Crippen LogP contribution in [0, 0.1) is 0 Å². The Morgan fingerprint density at radius 1 is 1.24 bits per heavy atom. The zero-order valence-corrected chi connectivity index (χ0v) is 18.5. The van der Waals surface area contributed by atoms with E-state index in [9.17, 15) is 22.8 Å². The summed E-state index contributed by atoms with van der Waals surface area (Å²) in [7, 11) is -2.88. The number of pyridine rings is 1. The first-order chi connectivity index (χ1) is 16.3. The number of amides is 2. The van der Waals surface area contributed by atoms with E-state index >= 15 is 0 Å². The van der Waals surface area contributed by atoms with Crippen LogP contribution in [-0.4, -0.2) is 38.1 Å². The van der Waals surface area contributed by atoms with Gasteiger partial charge in [0.15, 0.2) is 10.8 Å². The van der Waals surface area contributed by atoms with Gasteiger partial charge in [-0.2, -0.15) is 8.42 Å². The number of benzene rings is 1. The third-order valence-corrected chi connectivity index (χ3v) is 6.07. The van der Waals surface area contributed by atoms with Crippen molar-refractivity contribution in [3.8, 4) is 5.75 Å². The lowest BCUT2D eigenvalue weighted by Gasteiger charge is -2.16. The molecule has 174 valence electrons. The van der Waals surface area contributed by atoms with E-state index in [0.29, 0.717) is 5.76 Å². The zero-order valence-electron chi connectivity index (χ0n) is 17.7. The first kappa shape index (κ1) is 22.7. The molecule has 1 aromatic carbocycles. The van der Waals surface area contributed by atoms with Gasteiger partial charge in [0.2, 0.25) is 5.91 Å². The normalized spacial score (nSPS) is 13.0. The fourth-order valence-electron chi connectivity index (χ4n) is 3.24. The minimum absolute atomic E-state index is 0.00510. The second-order valence-corrected chi connectivity index (χ2v) is 8.61. The monoisotopic (exact) mass is 482 g/mol. The number of nitrogens with one attached hydrogen (secondary N) is 3. The molecule has 34 heavy (non-hydrogen) atoms. The van der Waals surface area contributed by atoms with E-state index in [-0.39, 0.29) is 39.8 Å². The number of rotatable bonds is 8. The molecule has 3 aromatic rings. The van der Waals surface area contributed by atoms with E-state index in [4.69, 9.17) is 9.15 Å². The van der Waals surface area contributed by atoms with Crippen LogP contribution < -0.4 is 20.1 Å². The average Bonchev–Trinajstić information content (AvgIpc) is 3.45. The van der Waals surface area contributed by atoms with E-state index in [1.165, 1.54) is 43.8 Å². The molecule has 11 nitrogen and oxygen atoms in total. The molecule has 0 saturated heterocycles. The number of fused-ring (bicyclic) bond motifs is 1. The maximum atomic E-state index is 12.9. The predicted molar refractivity (Wildman–Crippen MR) is 121 cm³/mol. The van der Waals surface area contributed by atoms with Gasteiger partial charge in [0, 0.05) is 17.8 Å². The highest BCUT2D eigenvalue weighted by Crippen LogP contribution is 2.42. The van der Waals surface area contributed by atoms with E-state index in [0.717, 1.165) is 6.08 Å². The Morgan fingerprint density at radius 2 is 2.06 bits per heavy atom. The lowest BCUT2D eigenvalue weighted by atomic mass is 10.0. The molecule has 3 N–H and O–H groups in total. The zero-order chi connectivity index (χ0) is 24.3. The fraction of sp³-hybridized carbons (Fsp3) is 0.0909. The van der Waals surface area contributed by atoms with Crippen LogP contribution in [0.15, 0.2) is 64.4 Å². The summed E-state index contributed by atoms with van der Waals surface area (Å²) < 4.78 is 38.7. The number of nitrogens with zero attached hydrogens (tertiary/aromatic N) is 1. The van der Waals surface area contributed by atoms with Crippen molar-refractivity contribution in [2.45, 2.75) is 11.6 Å². The number of aromatic nitrogens is 1. The molecule has 0 radical (unpaired) electrons. The molecule has 0 saturated carbocycles. The van der Waals surface area contributed by atoms with Crippen molar-refractivity contribution in [3.63, 3.8) is 0 Å². The van der Waals surface area contributed by atoms with Crippen LogP contribution in [0.2, 0.25) is 0 Å². The molecule has 0 fully saturated rings. The Hall–Kier alpha value is -4.45. The Morgan fingerprint density at radius 3 is 2.74 bits per heavy atom. The smallest absolute Gasteiger partial charge is 0.296 e. The number of furan rings is 1. The number of carbonyl (C=O) groups is 3. The van der Waals surface area contributed by atoms with Crippen LogP contribution in [0.25, 0.3) is 6.08 Å². The number of Topliss-reactive ketones (excluding diaryl/α,β-unsaturated/α-hetero) is 1. The summed E-state index contributed by atoms with van der Waals surface area (Å²) in [6.07, 6.45) is 5.25. The van der Waals surface area contributed by atoms with Crippen LogP contribution >= 0.6 is 0 Å². The fourth-order valence-corrected chi connectivity index (χ4v) is 4.26. The number of carbonyl (C=O) groups excluding carboxylic acids is 3. The van der Waals surface area contributed by atoms with E-state index in [1.807, 2.05) is 0 Å². The molecule has 0 spiro atoms. The Bertz CT molecular complexity index is 1400.